The number of rotatable bonds is 2. The van der Waals surface area contributed by atoms with Crippen molar-refractivity contribution in [3.8, 4) is 11.5 Å². The smallest absolute Gasteiger partial charge is 0.340 e. The lowest BCUT2D eigenvalue weighted by Crippen LogP contribution is -2.26. The Bertz CT molecular complexity index is 834. The van der Waals surface area contributed by atoms with Crippen LogP contribution in [-0.2, 0) is 17.8 Å². The molecule has 0 bridgehead atoms. The molecule has 2 N–H and O–H groups in total. The number of benzene rings is 1. The first kappa shape index (κ1) is 14.4. The molecule has 0 saturated carbocycles. The fraction of sp³-hybridized carbons (Fsp3) is 0.333. The molecule has 0 aliphatic carbocycles. The summed E-state index contributed by atoms with van der Waals surface area (Å²) >= 11 is 0. The van der Waals surface area contributed by atoms with Gasteiger partial charge in [-0.15, -0.1) is 0 Å². The van der Waals surface area contributed by atoms with E-state index in [9.17, 15) is 19.8 Å². The number of carbonyl (C=O) groups is 1. The number of phenolic OH excluding ortho intramolecular Hbond substituents is 1. The lowest BCUT2D eigenvalue weighted by atomic mass is 10.0. The topological polar surface area (TPSA) is 106 Å². The van der Waals surface area contributed by atoms with Gasteiger partial charge in [0.05, 0.1) is 30.8 Å². The highest BCUT2D eigenvalue weighted by atomic mass is 16.5. The summed E-state index contributed by atoms with van der Waals surface area (Å²) in [4.78, 5) is 24.2. The maximum Gasteiger partial charge on any atom is 0.340 e. The van der Waals surface area contributed by atoms with Crippen molar-refractivity contribution in [3.05, 3.63) is 33.2 Å². The van der Waals surface area contributed by atoms with Crippen LogP contribution in [0.2, 0.25) is 0 Å². The minimum absolute atomic E-state index is 0.0218. The molecule has 22 heavy (non-hydrogen) atoms. The molecule has 7 heteroatoms. The second kappa shape index (κ2) is 5.03. The Morgan fingerprint density at radius 3 is 2.82 bits per heavy atom. The lowest BCUT2D eigenvalue weighted by molar-refractivity contribution is 0.0334. The molecule has 0 saturated heterocycles. The molecule has 0 radical (unpaired) electrons. The first-order valence-electron chi connectivity index (χ1n) is 6.67. The largest absolute Gasteiger partial charge is 0.504 e. The normalized spacial score (nSPS) is 17.3. The highest BCUT2D eigenvalue weighted by molar-refractivity contribution is 6.06. The average Bonchev–Trinajstić information content (AvgIpc) is 2.45. The summed E-state index contributed by atoms with van der Waals surface area (Å²) in [6, 6.07) is 1.20. The Morgan fingerprint density at radius 2 is 2.18 bits per heavy atom. The maximum atomic E-state index is 12.6. The van der Waals surface area contributed by atoms with Gasteiger partial charge in [-0.1, -0.05) is 0 Å². The summed E-state index contributed by atoms with van der Waals surface area (Å²) in [6.45, 7) is 1.92. The summed E-state index contributed by atoms with van der Waals surface area (Å²) in [7, 11) is 1.22. The van der Waals surface area contributed by atoms with E-state index in [1.807, 2.05) is 6.92 Å². The summed E-state index contributed by atoms with van der Waals surface area (Å²) in [5.74, 6) is -1.58. The van der Waals surface area contributed by atoms with Gasteiger partial charge in [-0.25, -0.2) is 4.79 Å². The van der Waals surface area contributed by atoms with Gasteiger partial charge >= 0.3 is 5.97 Å². The monoisotopic (exact) mass is 306 g/mol. The Morgan fingerprint density at radius 1 is 1.45 bits per heavy atom. The SMILES string of the molecule is COc1c(O)cc2oc3c(c(=O)c2c1C(=O)O)COC(C)C3. The van der Waals surface area contributed by atoms with Gasteiger partial charge in [0.25, 0.3) is 0 Å². The molecule has 2 heterocycles. The van der Waals surface area contributed by atoms with Crippen LogP contribution >= 0.6 is 0 Å². The van der Waals surface area contributed by atoms with E-state index in [0.717, 1.165) is 0 Å². The Labute approximate surface area is 124 Å². The van der Waals surface area contributed by atoms with Crippen molar-refractivity contribution in [2.75, 3.05) is 7.11 Å². The van der Waals surface area contributed by atoms with Crippen LogP contribution < -0.4 is 10.2 Å². The highest BCUT2D eigenvalue weighted by Crippen LogP contribution is 2.36. The van der Waals surface area contributed by atoms with Gasteiger partial charge in [0.1, 0.15) is 16.9 Å². The predicted octanol–water partition coefficient (Wildman–Crippen LogP) is 1.67. The number of carboxylic acids is 1. The number of aromatic carboxylic acids is 1. The molecular formula is C15H14O7. The van der Waals surface area contributed by atoms with Crippen LogP contribution in [0, 0.1) is 0 Å². The minimum Gasteiger partial charge on any atom is -0.504 e. The number of hydrogen-bond donors (Lipinski definition) is 2. The third-order valence-corrected chi connectivity index (χ3v) is 3.70. The molecule has 7 nitrogen and oxygen atoms in total. The molecule has 0 spiro atoms. The van der Waals surface area contributed by atoms with Crippen molar-refractivity contribution >= 4 is 16.9 Å². The third-order valence-electron chi connectivity index (χ3n) is 3.70. The van der Waals surface area contributed by atoms with E-state index in [-0.39, 0.29) is 29.4 Å². The van der Waals surface area contributed by atoms with Gasteiger partial charge in [0.15, 0.2) is 16.9 Å². The fourth-order valence-electron chi connectivity index (χ4n) is 2.67. The quantitative estimate of drug-likeness (QED) is 0.869. The number of carboxylic acid groups (broad SMARTS) is 1. The van der Waals surface area contributed by atoms with Crippen molar-refractivity contribution in [3.63, 3.8) is 0 Å². The summed E-state index contributed by atoms with van der Waals surface area (Å²) in [5, 5.41) is 19.2. The van der Waals surface area contributed by atoms with E-state index in [4.69, 9.17) is 13.9 Å². The average molecular weight is 306 g/mol. The third kappa shape index (κ3) is 2.01. The van der Waals surface area contributed by atoms with E-state index in [1.165, 1.54) is 13.2 Å². The summed E-state index contributed by atoms with van der Waals surface area (Å²) in [5.41, 5.74) is -0.555. The molecule has 0 amide bonds. The van der Waals surface area contributed by atoms with Crippen LogP contribution in [0.4, 0.5) is 0 Å². The first-order valence-corrected chi connectivity index (χ1v) is 6.67. The Hall–Kier alpha value is -2.54. The van der Waals surface area contributed by atoms with Gasteiger partial charge in [-0.3, -0.25) is 4.79 Å². The minimum atomic E-state index is -1.38. The van der Waals surface area contributed by atoms with Crippen LogP contribution in [0.1, 0.15) is 28.6 Å². The molecule has 1 unspecified atom stereocenters. The summed E-state index contributed by atoms with van der Waals surface area (Å²) in [6.07, 6.45) is 0.314. The highest BCUT2D eigenvalue weighted by Gasteiger charge is 2.28. The summed E-state index contributed by atoms with van der Waals surface area (Å²) < 4.78 is 16.0. The van der Waals surface area contributed by atoms with Crippen LogP contribution in [0.5, 0.6) is 11.5 Å². The number of methoxy groups -OCH3 is 1. The van der Waals surface area contributed by atoms with E-state index in [2.05, 4.69) is 0 Å². The molecule has 1 atom stereocenters. The number of aromatic hydroxyl groups is 1. The molecule has 1 aromatic heterocycles. The van der Waals surface area contributed by atoms with E-state index in [0.29, 0.717) is 17.7 Å². The zero-order valence-electron chi connectivity index (χ0n) is 12.0. The second-order valence-electron chi connectivity index (χ2n) is 5.14. The maximum absolute atomic E-state index is 12.6. The fourth-order valence-corrected chi connectivity index (χ4v) is 2.67. The lowest BCUT2D eigenvalue weighted by Gasteiger charge is -2.21. The van der Waals surface area contributed by atoms with Gasteiger partial charge in [0, 0.05) is 12.5 Å². The van der Waals surface area contributed by atoms with Crippen molar-refractivity contribution in [1.29, 1.82) is 0 Å². The molecule has 1 aliphatic heterocycles. The van der Waals surface area contributed by atoms with E-state index < -0.39 is 22.7 Å². The first-order chi connectivity index (χ1) is 10.4. The van der Waals surface area contributed by atoms with Crippen LogP contribution in [0.15, 0.2) is 15.3 Å². The molecule has 1 aliphatic rings. The number of hydrogen-bond acceptors (Lipinski definition) is 6. The zero-order chi connectivity index (χ0) is 16.0. The van der Waals surface area contributed by atoms with Gasteiger partial charge in [-0.05, 0) is 6.92 Å². The molecule has 1 aromatic carbocycles. The van der Waals surface area contributed by atoms with Crippen molar-refractivity contribution in [1.82, 2.24) is 0 Å². The molecule has 116 valence electrons. The number of phenols is 1. The molecule has 0 fully saturated rings. The van der Waals surface area contributed by atoms with Crippen molar-refractivity contribution in [2.24, 2.45) is 0 Å². The predicted molar refractivity (Wildman–Crippen MR) is 75.6 cm³/mol. The zero-order valence-corrected chi connectivity index (χ0v) is 12.0. The Balaban J connectivity index is 2.45. The van der Waals surface area contributed by atoms with Gasteiger partial charge < -0.3 is 24.1 Å². The van der Waals surface area contributed by atoms with Crippen molar-refractivity contribution in [2.45, 2.75) is 26.1 Å². The van der Waals surface area contributed by atoms with Gasteiger partial charge in [0.2, 0.25) is 0 Å². The second-order valence-corrected chi connectivity index (χ2v) is 5.14. The number of ether oxygens (including phenoxy) is 2. The van der Waals surface area contributed by atoms with Crippen LogP contribution in [0.3, 0.4) is 0 Å². The molecule has 2 aromatic rings. The van der Waals surface area contributed by atoms with Crippen molar-refractivity contribution < 1.29 is 28.9 Å². The standard InChI is InChI=1S/C15H14O7/c1-6-3-9-7(5-21-6)13(17)11-10(22-9)4-8(16)14(20-2)12(11)15(18)19/h4,6,16H,3,5H2,1-2H3,(H,18,19). The van der Waals surface area contributed by atoms with Gasteiger partial charge in [-0.2, -0.15) is 0 Å². The van der Waals surface area contributed by atoms with E-state index in [1.54, 1.807) is 0 Å². The Kier molecular flexibility index (Phi) is 3.29. The van der Waals surface area contributed by atoms with Crippen LogP contribution in [-0.4, -0.2) is 29.4 Å². The molecular weight excluding hydrogens is 292 g/mol. The number of fused-ring (bicyclic) bond motifs is 2. The van der Waals surface area contributed by atoms with E-state index >= 15 is 0 Å². The van der Waals surface area contributed by atoms with Crippen LogP contribution in [0.25, 0.3) is 11.0 Å². The molecule has 3 rings (SSSR count).